The lowest BCUT2D eigenvalue weighted by molar-refractivity contribution is 0.0867. The van der Waals surface area contributed by atoms with Gasteiger partial charge in [0.05, 0.1) is 11.7 Å². The Bertz CT molecular complexity index is 686. The second-order valence-corrected chi connectivity index (χ2v) is 5.95. The number of benzene rings is 1. The number of carbonyl (C=O) groups is 1. The summed E-state index contributed by atoms with van der Waals surface area (Å²) in [5, 5.41) is 16.2. The number of hydrogen-bond donors (Lipinski definition) is 2. The molecule has 23 heavy (non-hydrogen) atoms. The molecule has 1 aliphatic rings. The topological polar surface area (TPSA) is 75.4 Å². The normalized spacial score (nSPS) is 21.1. The molecule has 1 amide bonds. The largest absolute Gasteiger partial charge is 0.393 e. The Kier molecular flexibility index (Phi) is 4.71. The zero-order chi connectivity index (χ0) is 16.2. The lowest BCUT2D eigenvalue weighted by Gasteiger charge is -2.25. The molecule has 2 aromatic rings. The van der Waals surface area contributed by atoms with Crippen LogP contribution >= 0.6 is 0 Å². The molecule has 1 saturated carbocycles. The van der Waals surface area contributed by atoms with Crippen LogP contribution in [-0.4, -0.2) is 28.8 Å². The summed E-state index contributed by atoms with van der Waals surface area (Å²) in [6, 6.07) is 7.60. The molecule has 0 radical (unpaired) electrons. The van der Waals surface area contributed by atoms with Crippen LogP contribution in [0.5, 0.6) is 0 Å². The number of carbonyl (C=O) groups excluding carboxylic acids is 1. The summed E-state index contributed by atoms with van der Waals surface area (Å²) < 4.78 is 18.8. The van der Waals surface area contributed by atoms with Crippen molar-refractivity contribution in [2.75, 3.05) is 6.54 Å². The van der Waals surface area contributed by atoms with Crippen molar-refractivity contribution in [2.24, 2.45) is 5.92 Å². The maximum Gasteiger partial charge on any atom is 0.273 e. The fourth-order valence-corrected chi connectivity index (χ4v) is 2.95. The minimum absolute atomic E-state index is 0.125. The van der Waals surface area contributed by atoms with E-state index in [0.29, 0.717) is 13.0 Å². The van der Waals surface area contributed by atoms with Crippen molar-refractivity contribution in [1.82, 2.24) is 10.5 Å². The van der Waals surface area contributed by atoms with Crippen molar-refractivity contribution in [3.63, 3.8) is 0 Å². The molecule has 3 rings (SSSR count). The van der Waals surface area contributed by atoms with E-state index in [-0.39, 0.29) is 34.9 Å². The zero-order valence-corrected chi connectivity index (χ0v) is 12.7. The predicted octanol–water partition coefficient (Wildman–Crippen LogP) is 2.76. The SMILES string of the molecule is O=C(NCC1CCCC(O)C1)c1cc(-c2ccccc2F)on1. The van der Waals surface area contributed by atoms with E-state index in [1.54, 1.807) is 18.2 Å². The van der Waals surface area contributed by atoms with Crippen molar-refractivity contribution in [3.05, 3.63) is 41.8 Å². The second kappa shape index (κ2) is 6.91. The molecule has 122 valence electrons. The smallest absolute Gasteiger partial charge is 0.273 e. The van der Waals surface area contributed by atoms with Gasteiger partial charge in [-0.15, -0.1) is 0 Å². The van der Waals surface area contributed by atoms with Crippen LogP contribution in [0.4, 0.5) is 4.39 Å². The van der Waals surface area contributed by atoms with E-state index in [1.807, 2.05) is 0 Å². The van der Waals surface area contributed by atoms with Crippen LogP contribution in [0.2, 0.25) is 0 Å². The number of nitrogens with one attached hydrogen (secondary N) is 1. The highest BCUT2D eigenvalue weighted by atomic mass is 19.1. The molecule has 1 fully saturated rings. The van der Waals surface area contributed by atoms with Crippen LogP contribution in [0.15, 0.2) is 34.9 Å². The standard InChI is InChI=1S/C17H19FN2O3/c18-14-7-2-1-6-13(14)16-9-15(20-23-16)17(22)19-10-11-4-3-5-12(21)8-11/h1-2,6-7,9,11-12,21H,3-5,8,10H2,(H,19,22). The first-order valence-corrected chi connectivity index (χ1v) is 7.81. The fraction of sp³-hybridized carbons (Fsp3) is 0.412. The molecule has 0 spiro atoms. The van der Waals surface area contributed by atoms with Gasteiger partial charge >= 0.3 is 0 Å². The minimum Gasteiger partial charge on any atom is -0.393 e. The first-order valence-electron chi connectivity index (χ1n) is 7.81. The molecule has 1 aromatic carbocycles. The third-order valence-corrected chi connectivity index (χ3v) is 4.19. The van der Waals surface area contributed by atoms with E-state index in [9.17, 15) is 14.3 Å². The molecule has 2 unspecified atom stereocenters. The molecule has 0 bridgehead atoms. The molecule has 1 heterocycles. The van der Waals surface area contributed by atoms with Crippen LogP contribution < -0.4 is 5.32 Å². The Morgan fingerprint density at radius 2 is 2.22 bits per heavy atom. The van der Waals surface area contributed by atoms with Crippen LogP contribution in [0.25, 0.3) is 11.3 Å². The molecular weight excluding hydrogens is 299 g/mol. The van der Waals surface area contributed by atoms with E-state index in [1.165, 1.54) is 12.1 Å². The van der Waals surface area contributed by atoms with Gasteiger partial charge in [-0.25, -0.2) is 4.39 Å². The first-order chi connectivity index (χ1) is 11.1. The number of aromatic nitrogens is 1. The van der Waals surface area contributed by atoms with Crippen molar-refractivity contribution in [2.45, 2.75) is 31.8 Å². The monoisotopic (exact) mass is 318 g/mol. The van der Waals surface area contributed by atoms with E-state index < -0.39 is 5.82 Å². The van der Waals surface area contributed by atoms with Crippen LogP contribution in [0.3, 0.4) is 0 Å². The molecule has 1 aromatic heterocycles. The molecule has 5 nitrogen and oxygen atoms in total. The average molecular weight is 318 g/mol. The van der Waals surface area contributed by atoms with Crippen LogP contribution in [0, 0.1) is 11.7 Å². The molecule has 0 saturated heterocycles. The van der Waals surface area contributed by atoms with E-state index >= 15 is 0 Å². The Hall–Kier alpha value is -2.21. The molecule has 0 aliphatic heterocycles. The Balaban J connectivity index is 1.61. The lowest BCUT2D eigenvalue weighted by atomic mass is 9.87. The number of nitrogens with zero attached hydrogens (tertiary/aromatic N) is 1. The highest BCUT2D eigenvalue weighted by Gasteiger charge is 2.22. The third-order valence-electron chi connectivity index (χ3n) is 4.19. The number of amides is 1. The van der Waals surface area contributed by atoms with Gasteiger partial charge in [0, 0.05) is 12.6 Å². The summed E-state index contributed by atoms with van der Waals surface area (Å²) in [5.41, 5.74) is 0.397. The van der Waals surface area contributed by atoms with E-state index in [0.717, 1.165) is 19.3 Å². The van der Waals surface area contributed by atoms with Gasteiger partial charge in [0.1, 0.15) is 5.82 Å². The number of rotatable bonds is 4. The van der Waals surface area contributed by atoms with Gasteiger partial charge in [-0.1, -0.05) is 23.7 Å². The molecular formula is C17H19FN2O3. The van der Waals surface area contributed by atoms with Crippen LogP contribution in [0.1, 0.15) is 36.2 Å². The Morgan fingerprint density at radius 1 is 1.39 bits per heavy atom. The zero-order valence-electron chi connectivity index (χ0n) is 12.7. The third kappa shape index (κ3) is 3.76. The summed E-state index contributed by atoms with van der Waals surface area (Å²) in [6.45, 7) is 0.498. The van der Waals surface area contributed by atoms with Crippen molar-refractivity contribution in [3.8, 4) is 11.3 Å². The summed E-state index contributed by atoms with van der Waals surface area (Å²) in [5.74, 6) is -0.273. The summed E-state index contributed by atoms with van der Waals surface area (Å²) in [4.78, 5) is 12.1. The van der Waals surface area contributed by atoms with E-state index in [2.05, 4.69) is 10.5 Å². The summed E-state index contributed by atoms with van der Waals surface area (Å²) in [6.07, 6.45) is 3.24. The minimum atomic E-state index is -0.424. The molecule has 6 heteroatoms. The number of halogens is 1. The maximum atomic E-state index is 13.7. The number of aliphatic hydroxyl groups is 1. The van der Waals surface area contributed by atoms with Gasteiger partial charge in [-0.05, 0) is 37.3 Å². The van der Waals surface area contributed by atoms with Crippen molar-refractivity contribution in [1.29, 1.82) is 0 Å². The van der Waals surface area contributed by atoms with Gasteiger partial charge in [-0.2, -0.15) is 0 Å². The van der Waals surface area contributed by atoms with Gasteiger partial charge < -0.3 is 14.9 Å². The second-order valence-electron chi connectivity index (χ2n) is 5.95. The summed E-state index contributed by atoms with van der Waals surface area (Å²) in [7, 11) is 0. The van der Waals surface area contributed by atoms with Gasteiger partial charge in [0.15, 0.2) is 11.5 Å². The summed E-state index contributed by atoms with van der Waals surface area (Å²) >= 11 is 0. The highest BCUT2D eigenvalue weighted by Crippen LogP contribution is 2.24. The first kappa shape index (κ1) is 15.7. The van der Waals surface area contributed by atoms with E-state index in [4.69, 9.17) is 4.52 Å². The van der Waals surface area contributed by atoms with Gasteiger partial charge in [0.25, 0.3) is 5.91 Å². The Morgan fingerprint density at radius 3 is 3.00 bits per heavy atom. The molecule has 2 atom stereocenters. The predicted molar refractivity (Wildman–Crippen MR) is 82.2 cm³/mol. The van der Waals surface area contributed by atoms with Gasteiger partial charge in [-0.3, -0.25) is 4.79 Å². The molecule has 1 aliphatic carbocycles. The van der Waals surface area contributed by atoms with Gasteiger partial charge in [0.2, 0.25) is 0 Å². The highest BCUT2D eigenvalue weighted by molar-refractivity contribution is 5.93. The van der Waals surface area contributed by atoms with Crippen molar-refractivity contribution >= 4 is 5.91 Å². The number of hydrogen-bond acceptors (Lipinski definition) is 4. The quantitative estimate of drug-likeness (QED) is 0.909. The lowest BCUT2D eigenvalue weighted by Crippen LogP contribution is -2.33. The molecule has 2 N–H and O–H groups in total. The Labute approximate surface area is 133 Å². The average Bonchev–Trinajstić information content (AvgIpc) is 3.03. The fourth-order valence-electron chi connectivity index (χ4n) is 2.95. The number of aliphatic hydroxyl groups excluding tert-OH is 1. The maximum absolute atomic E-state index is 13.7. The van der Waals surface area contributed by atoms with Crippen LogP contribution in [-0.2, 0) is 0 Å². The van der Waals surface area contributed by atoms with Crippen molar-refractivity contribution < 1.29 is 18.8 Å².